The van der Waals surface area contributed by atoms with Gasteiger partial charge in [0, 0.05) is 11.6 Å². The number of nitriles is 1. The van der Waals surface area contributed by atoms with E-state index in [-0.39, 0.29) is 0 Å². The van der Waals surface area contributed by atoms with Gasteiger partial charge in [-0.25, -0.2) is 0 Å². The lowest BCUT2D eigenvalue weighted by Crippen LogP contribution is -1.97. The molecule has 0 aliphatic carbocycles. The zero-order valence-electron chi connectivity index (χ0n) is 8.68. The average molecular weight is 210 g/mol. The number of ether oxygens (including phenoxy) is 1. The van der Waals surface area contributed by atoms with E-state index in [4.69, 9.17) is 10.00 Å². The van der Waals surface area contributed by atoms with Crippen LogP contribution < -0.4 is 4.74 Å². The summed E-state index contributed by atoms with van der Waals surface area (Å²) in [5, 5.41) is 9.83. The third-order valence-electron chi connectivity index (χ3n) is 2.19. The van der Waals surface area contributed by atoms with Crippen molar-refractivity contribution in [2.75, 3.05) is 6.61 Å². The van der Waals surface area contributed by atoms with Crippen LogP contribution >= 0.6 is 0 Å². The quantitative estimate of drug-likeness (QED) is 0.731. The molecule has 0 saturated carbocycles. The van der Waals surface area contributed by atoms with Crippen LogP contribution in [0.2, 0.25) is 0 Å². The van der Waals surface area contributed by atoms with Gasteiger partial charge in [-0.1, -0.05) is 24.8 Å². The van der Waals surface area contributed by atoms with Crippen molar-refractivity contribution in [1.29, 1.82) is 5.26 Å². The molecule has 1 heterocycles. The van der Waals surface area contributed by atoms with E-state index in [1.165, 1.54) is 6.20 Å². The maximum atomic E-state index is 8.98. The van der Waals surface area contributed by atoms with Crippen LogP contribution in [-0.2, 0) is 0 Å². The van der Waals surface area contributed by atoms with Gasteiger partial charge < -0.3 is 4.74 Å². The maximum Gasteiger partial charge on any atom is 0.148 e. The van der Waals surface area contributed by atoms with Gasteiger partial charge in [0.1, 0.15) is 24.0 Å². The van der Waals surface area contributed by atoms with E-state index in [1.54, 1.807) is 6.08 Å². The maximum absolute atomic E-state index is 8.98. The van der Waals surface area contributed by atoms with Crippen molar-refractivity contribution >= 4 is 10.9 Å². The molecule has 1 aromatic carbocycles. The molecule has 0 unspecified atom stereocenters. The van der Waals surface area contributed by atoms with Gasteiger partial charge in [0.05, 0.1) is 5.52 Å². The number of rotatable bonds is 3. The van der Waals surface area contributed by atoms with E-state index in [1.807, 2.05) is 24.3 Å². The summed E-state index contributed by atoms with van der Waals surface area (Å²) in [5.41, 5.74) is 1.26. The van der Waals surface area contributed by atoms with Gasteiger partial charge in [-0.2, -0.15) is 5.26 Å². The van der Waals surface area contributed by atoms with Crippen molar-refractivity contribution in [3.8, 4) is 11.8 Å². The van der Waals surface area contributed by atoms with Crippen molar-refractivity contribution in [2.24, 2.45) is 0 Å². The fraction of sp³-hybridized carbons (Fsp3) is 0.0769. The Morgan fingerprint density at radius 3 is 3.00 bits per heavy atom. The summed E-state index contributed by atoms with van der Waals surface area (Å²) in [7, 11) is 0. The molecule has 16 heavy (non-hydrogen) atoms. The molecule has 0 radical (unpaired) electrons. The fourth-order valence-corrected chi connectivity index (χ4v) is 1.49. The molecule has 0 saturated heterocycles. The standard InChI is InChI=1S/C13H10N2O/c1-2-7-16-13-10(8-14)9-15-12-6-4-3-5-11(12)13/h2-6,9H,1,7H2. The number of nitrogens with zero attached hydrogens (tertiary/aromatic N) is 2. The molecule has 3 heteroatoms. The molecular formula is C13H10N2O. The molecule has 3 nitrogen and oxygen atoms in total. The molecule has 0 atom stereocenters. The summed E-state index contributed by atoms with van der Waals surface area (Å²) < 4.78 is 5.51. The first-order valence-electron chi connectivity index (χ1n) is 4.88. The summed E-state index contributed by atoms with van der Waals surface area (Å²) in [6, 6.07) is 9.65. The second-order valence-electron chi connectivity index (χ2n) is 3.23. The molecule has 2 aromatic rings. The Bertz CT molecular complexity index is 570. The second kappa shape index (κ2) is 4.45. The molecule has 0 fully saturated rings. The number of hydrogen-bond acceptors (Lipinski definition) is 3. The smallest absolute Gasteiger partial charge is 0.148 e. The summed E-state index contributed by atoms with van der Waals surface area (Å²) in [4.78, 5) is 4.19. The summed E-state index contributed by atoms with van der Waals surface area (Å²) >= 11 is 0. The Labute approximate surface area is 93.6 Å². The zero-order valence-corrected chi connectivity index (χ0v) is 8.68. The summed E-state index contributed by atoms with van der Waals surface area (Å²) in [6.45, 7) is 3.97. The van der Waals surface area contributed by atoms with Crippen molar-refractivity contribution in [3.05, 3.63) is 48.7 Å². The number of para-hydroxylation sites is 1. The van der Waals surface area contributed by atoms with E-state index in [0.29, 0.717) is 17.9 Å². The molecule has 2 rings (SSSR count). The Hall–Kier alpha value is -2.34. The van der Waals surface area contributed by atoms with Crippen LogP contribution in [0.25, 0.3) is 10.9 Å². The van der Waals surface area contributed by atoms with Gasteiger partial charge in [0.15, 0.2) is 0 Å². The highest BCUT2D eigenvalue weighted by Gasteiger charge is 2.08. The van der Waals surface area contributed by atoms with Gasteiger partial charge in [-0.05, 0) is 12.1 Å². The van der Waals surface area contributed by atoms with E-state index in [9.17, 15) is 0 Å². The highest BCUT2D eigenvalue weighted by Crippen LogP contribution is 2.27. The molecule has 0 spiro atoms. The van der Waals surface area contributed by atoms with Crippen LogP contribution in [0.15, 0.2) is 43.1 Å². The molecular weight excluding hydrogens is 200 g/mol. The van der Waals surface area contributed by atoms with Crippen LogP contribution in [0, 0.1) is 11.3 Å². The van der Waals surface area contributed by atoms with Crippen LogP contribution in [0.3, 0.4) is 0 Å². The molecule has 0 amide bonds. The lowest BCUT2D eigenvalue weighted by Gasteiger charge is -2.08. The van der Waals surface area contributed by atoms with Crippen LogP contribution in [0.4, 0.5) is 0 Å². The summed E-state index contributed by atoms with van der Waals surface area (Å²) in [6.07, 6.45) is 3.18. The zero-order chi connectivity index (χ0) is 11.4. The Morgan fingerprint density at radius 2 is 2.25 bits per heavy atom. The lowest BCUT2D eigenvalue weighted by atomic mass is 10.1. The van der Waals surface area contributed by atoms with Crippen molar-refractivity contribution in [1.82, 2.24) is 4.98 Å². The number of benzene rings is 1. The van der Waals surface area contributed by atoms with E-state index >= 15 is 0 Å². The highest BCUT2D eigenvalue weighted by atomic mass is 16.5. The van der Waals surface area contributed by atoms with Crippen molar-refractivity contribution < 1.29 is 4.74 Å². The number of hydrogen-bond donors (Lipinski definition) is 0. The Morgan fingerprint density at radius 1 is 1.44 bits per heavy atom. The monoisotopic (exact) mass is 210 g/mol. The highest BCUT2D eigenvalue weighted by molar-refractivity contribution is 5.87. The first kappa shape index (κ1) is 10.2. The molecule has 0 aliphatic heterocycles. The van der Waals surface area contributed by atoms with Gasteiger partial charge in [0.25, 0.3) is 0 Å². The molecule has 0 bridgehead atoms. The third-order valence-corrected chi connectivity index (χ3v) is 2.19. The topological polar surface area (TPSA) is 45.9 Å². The van der Waals surface area contributed by atoms with Gasteiger partial charge in [-0.3, -0.25) is 4.98 Å². The number of pyridine rings is 1. The normalized spacial score (nSPS) is 9.69. The number of fused-ring (bicyclic) bond motifs is 1. The molecule has 1 aromatic heterocycles. The van der Waals surface area contributed by atoms with E-state index in [2.05, 4.69) is 17.6 Å². The predicted molar refractivity (Wildman–Crippen MR) is 62.2 cm³/mol. The largest absolute Gasteiger partial charge is 0.487 e. The molecule has 0 aliphatic rings. The number of aromatic nitrogens is 1. The van der Waals surface area contributed by atoms with Gasteiger partial charge >= 0.3 is 0 Å². The lowest BCUT2D eigenvalue weighted by molar-refractivity contribution is 0.366. The minimum Gasteiger partial charge on any atom is -0.487 e. The van der Waals surface area contributed by atoms with Crippen LogP contribution in [-0.4, -0.2) is 11.6 Å². The molecule has 0 N–H and O–H groups in total. The van der Waals surface area contributed by atoms with Crippen molar-refractivity contribution in [3.63, 3.8) is 0 Å². The summed E-state index contributed by atoms with van der Waals surface area (Å²) in [5.74, 6) is 0.577. The fourth-order valence-electron chi connectivity index (χ4n) is 1.49. The average Bonchev–Trinajstić information content (AvgIpc) is 2.35. The minimum atomic E-state index is 0.378. The third kappa shape index (κ3) is 1.73. The van der Waals surface area contributed by atoms with E-state index in [0.717, 1.165) is 10.9 Å². The van der Waals surface area contributed by atoms with Crippen LogP contribution in [0.5, 0.6) is 5.75 Å². The second-order valence-corrected chi connectivity index (χ2v) is 3.23. The van der Waals surface area contributed by atoms with Crippen LogP contribution in [0.1, 0.15) is 5.56 Å². The van der Waals surface area contributed by atoms with Gasteiger partial charge in [-0.15, -0.1) is 0 Å². The minimum absolute atomic E-state index is 0.378. The van der Waals surface area contributed by atoms with E-state index < -0.39 is 0 Å². The molecule has 78 valence electrons. The van der Waals surface area contributed by atoms with Gasteiger partial charge in [0.2, 0.25) is 0 Å². The predicted octanol–water partition coefficient (Wildman–Crippen LogP) is 2.67. The Kier molecular flexibility index (Phi) is 2.84. The van der Waals surface area contributed by atoms with Crippen molar-refractivity contribution in [2.45, 2.75) is 0 Å². The first-order valence-corrected chi connectivity index (χ1v) is 4.88. The Balaban J connectivity index is 2.64. The SMILES string of the molecule is C=CCOc1c(C#N)cnc2ccccc12. The first-order chi connectivity index (χ1) is 7.86.